The van der Waals surface area contributed by atoms with E-state index in [-0.39, 0.29) is 17.9 Å². The highest BCUT2D eigenvalue weighted by Gasteiger charge is 2.19. The lowest BCUT2D eigenvalue weighted by atomic mass is 10.1. The fourth-order valence-corrected chi connectivity index (χ4v) is 2.31. The van der Waals surface area contributed by atoms with E-state index >= 15 is 0 Å². The second-order valence-electron chi connectivity index (χ2n) is 5.35. The van der Waals surface area contributed by atoms with Gasteiger partial charge in [-0.25, -0.2) is 4.79 Å². The third-order valence-corrected chi connectivity index (χ3v) is 3.66. The van der Waals surface area contributed by atoms with E-state index in [0.29, 0.717) is 17.2 Å². The number of hydrogen-bond acceptors (Lipinski definition) is 6. The number of anilines is 1. The van der Waals surface area contributed by atoms with Crippen LogP contribution in [-0.2, 0) is 9.53 Å². The van der Waals surface area contributed by atoms with Crippen LogP contribution >= 0.6 is 0 Å². The summed E-state index contributed by atoms with van der Waals surface area (Å²) in [6, 6.07) is 10.3. The lowest BCUT2D eigenvalue weighted by Crippen LogP contribution is -2.22. The molecular formula is C19H21NO6. The van der Waals surface area contributed by atoms with Gasteiger partial charge in [-0.15, -0.1) is 0 Å². The highest BCUT2D eigenvalue weighted by Crippen LogP contribution is 2.33. The zero-order valence-corrected chi connectivity index (χ0v) is 15.1. The SMILES string of the molecule is COC(=O)c1cc(OC)c(OC)cc1NC(=O)COc1ccccc1C. The minimum atomic E-state index is -0.610. The first-order chi connectivity index (χ1) is 12.5. The number of ether oxygens (including phenoxy) is 4. The van der Waals surface area contributed by atoms with Gasteiger partial charge in [0.1, 0.15) is 5.75 Å². The van der Waals surface area contributed by atoms with Crippen LogP contribution < -0.4 is 19.5 Å². The van der Waals surface area contributed by atoms with Gasteiger partial charge in [-0.3, -0.25) is 4.79 Å². The number of hydrogen-bond donors (Lipinski definition) is 1. The van der Waals surface area contributed by atoms with Gasteiger partial charge in [0.2, 0.25) is 0 Å². The number of para-hydroxylation sites is 1. The Bertz CT molecular complexity index is 803. The second kappa shape index (κ2) is 8.75. The van der Waals surface area contributed by atoms with Gasteiger partial charge in [0, 0.05) is 12.1 Å². The summed E-state index contributed by atoms with van der Waals surface area (Å²) in [5, 5.41) is 2.64. The minimum absolute atomic E-state index is 0.148. The molecule has 0 atom stereocenters. The Kier molecular flexibility index (Phi) is 6.43. The maximum absolute atomic E-state index is 12.3. The molecule has 0 fully saturated rings. The van der Waals surface area contributed by atoms with Crippen LogP contribution in [0.5, 0.6) is 17.2 Å². The monoisotopic (exact) mass is 359 g/mol. The number of benzene rings is 2. The summed E-state index contributed by atoms with van der Waals surface area (Å²) in [5.74, 6) is 0.298. The predicted octanol–water partition coefficient (Wildman–Crippen LogP) is 2.82. The molecular weight excluding hydrogens is 338 g/mol. The van der Waals surface area contributed by atoms with Gasteiger partial charge in [-0.1, -0.05) is 18.2 Å². The van der Waals surface area contributed by atoms with Gasteiger partial charge in [-0.05, 0) is 18.6 Å². The quantitative estimate of drug-likeness (QED) is 0.766. The van der Waals surface area contributed by atoms with Gasteiger partial charge < -0.3 is 24.3 Å². The van der Waals surface area contributed by atoms with E-state index in [9.17, 15) is 9.59 Å². The van der Waals surface area contributed by atoms with E-state index in [0.717, 1.165) is 5.56 Å². The van der Waals surface area contributed by atoms with Crippen molar-refractivity contribution in [1.82, 2.24) is 0 Å². The van der Waals surface area contributed by atoms with Crippen molar-refractivity contribution in [2.24, 2.45) is 0 Å². The summed E-state index contributed by atoms with van der Waals surface area (Å²) in [6.45, 7) is 1.68. The zero-order valence-electron chi connectivity index (χ0n) is 15.1. The molecule has 0 saturated carbocycles. The van der Waals surface area contributed by atoms with Crippen molar-refractivity contribution in [3.63, 3.8) is 0 Å². The first-order valence-electron chi connectivity index (χ1n) is 7.82. The molecule has 1 amide bonds. The Morgan fingerprint density at radius 2 is 1.62 bits per heavy atom. The molecule has 7 nitrogen and oxygen atoms in total. The highest BCUT2D eigenvalue weighted by molar-refractivity contribution is 6.02. The molecule has 2 aromatic rings. The average Bonchev–Trinajstić information content (AvgIpc) is 2.66. The van der Waals surface area contributed by atoms with Crippen LogP contribution in [0.3, 0.4) is 0 Å². The standard InChI is InChI=1S/C19H21NO6/c1-12-7-5-6-8-15(12)26-11-18(21)20-14-10-17(24-3)16(23-2)9-13(14)19(22)25-4/h5-10H,11H2,1-4H3,(H,20,21). The van der Waals surface area contributed by atoms with E-state index in [1.165, 1.54) is 33.5 Å². The summed E-state index contributed by atoms with van der Waals surface area (Å²) in [4.78, 5) is 24.3. The first-order valence-corrected chi connectivity index (χ1v) is 7.82. The molecule has 0 aromatic heterocycles. The number of aryl methyl sites for hydroxylation is 1. The topological polar surface area (TPSA) is 83.1 Å². The number of nitrogens with one attached hydrogen (secondary N) is 1. The minimum Gasteiger partial charge on any atom is -0.493 e. The Labute approximate surface area is 151 Å². The van der Waals surface area contributed by atoms with Gasteiger partial charge in [-0.2, -0.15) is 0 Å². The molecule has 2 aromatic carbocycles. The molecule has 26 heavy (non-hydrogen) atoms. The average molecular weight is 359 g/mol. The maximum atomic E-state index is 12.3. The smallest absolute Gasteiger partial charge is 0.340 e. The molecule has 0 aliphatic carbocycles. The van der Waals surface area contributed by atoms with Gasteiger partial charge in [0.25, 0.3) is 5.91 Å². The Balaban J connectivity index is 2.19. The molecule has 0 heterocycles. The lowest BCUT2D eigenvalue weighted by molar-refractivity contribution is -0.118. The van der Waals surface area contributed by atoms with E-state index < -0.39 is 11.9 Å². The summed E-state index contributed by atoms with van der Waals surface area (Å²) in [6.07, 6.45) is 0. The van der Waals surface area contributed by atoms with Crippen LogP contribution in [0.1, 0.15) is 15.9 Å². The van der Waals surface area contributed by atoms with Crippen LogP contribution in [-0.4, -0.2) is 39.8 Å². The van der Waals surface area contributed by atoms with Crippen LogP contribution in [0.15, 0.2) is 36.4 Å². The maximum Gasteiger partial charge on any atom is 0.340 e. The summed E-state index contributed by atoms with van der Waals surface area (Å²) in [7, 11) is 4.17. The zero-order chi connectivity index (χ0) is 19.1. The molecule has 2 rings (SSSR count). The third-order valence-electron chi connectivity index (χ3n) is 3.66. The van der Waals surface area contributed by atoms with Crippen molar-refractivity contribution < 1.29 is 28.5 Å². The molecule has 0 unspecified atom stereocenters. The Hall–Kier alpha value is -3.22. The number of esters is 1. The Morgan fingerprint density at radius 3 is 2.23 bits per heavy atom. The van der Waals surface area contributed by atoms with E-state index in [4.69, 9.17) is 18.9 Å². The largest absolute Gasteiger partial charge is 0.493 e. The van der Waals surface area contributed by atoms with Crippen molar-refractivity contribution in [2.45, 2.75) is 6.92 Å². The molecule has 0 radical (unpaired) electrons. The Morgan fingerprint density at radius 1 is 0.962 bits per heavy atom. The van der Waals surface area contributed by atoms with E-state index in [1.54, 1.807) is 6.07 Å². The first kappa shape index (κ1) is 19.1. The van der Waals surface area contributed by atoms with Gasteiger partial charge in [0.05, 0.1) is 32.6 Å². The summed E-state index contributed by atoms with van der Waals surface area (Å²) >= 11 is 0. The van der Waals surface area contributed by atoms with Crippen molar-refractivity contribution in [1.29, 1.82) is 0 Å². The summed E-state index contributed by atoms with van der Waals surface area (Å²) < 4.78 is 20.7. The molecule has 0 spiro atoms. The molecule has 0 aliphatic heterocycles. The van der Waals surface area contributed by atoms with Crippen LogP contribution in [0, 0.1) is 6.92 Å². The van der Waals surface area contributed by atoms with Crippen molar-refractivity contribution in [3.05, 3.63) is 47.5 Å². The fourth-order valence-electron chi connectivity index (χ4n) is 2.31. The second-order valence-corrected chi connectivity index (χ2v) is 5.35. The number of carbonyl (C=O) groups excluding carboxylic acids is 2. The number of methoxy groups -OCH3 is 3. The number of rotatable bonds is 7. The van der Waals surface area contributed by atoms with Crippen molar-refractivity contribution >= 4 is 17.6 Å². The molecule has 138 valence electrons. The molecule has 0 bridgehead atoms. The molecule has 0 aliphatic rings. The van der Waals surface area contributed by atoms with Gasteiger partial charge >= 0.3 is 5.97 Å². The fraction of sp³-hybridized carbons (Fsp3) is 0.263. The predicted molar refractivity (Wildman–Crippen MR) is 96.2 cm³/mol. The number of carbonyl (C=O) groups is 2. The number of amides is 1. The van der Waals surface area contributed by atoms with E-state index in [2.05, 4.69) is 5.32 Å². The van der Waals surface area contributed by atoms with Crippen LogP contribution in [0.25, 0.3) is 0 Å². The summed E-state index contributed by atoms with van der Waals surface area (Å²) in [5.41, 5.74) is 1.31. The third kappa shape index (κ3) is 4.44. The lowest BCUT2D eigenvalue weighted by Gasteiger charge is -2.15. The van der Waals surface area contributed by atoms with Crippen LogP contribution in [0.2, 0.25) is 0 Å². The molecule has 7 heteroatoms. The van der Waals surface area contributed by atoms with Crippen molar-refractivity contribution in [3.8, 4) is 17.2 Å². The van der Waals surface area contributed by atoms with Crippen LogP contribution in [0.4, 0.5) is 5.69 Å². The van der Waals surface area contributed by atoms with Gasteiger partial charge in [0.15, 0.2) is 18.1 Å². The molecule has 0 saturated heterocycles. The highest BCUT2D eigenvalue weighted by atomic mass is 16.5. The normalized spacial score (nSPS) is 10.0. The molecule has 1 N–H and O–H groups in total. The van der Waals surface area contributed by atoms with E-state index in [1.807, 2.05) is 25.1 Å². The van der Waals surface area contributed by atoms with Crippen molar-refractivity contribution in [2.75, 3.05) is 33.3 Å².